The van der Waals surface area contributed by atoms with Crippen LogP contribution in [0.1, 0.15) is 56.7 Å². The molecule has 304 valence electrons. The zero-order chi connectivity index (χ0) is 42.7. The Morgan fingerprint density at radius 3 is 1.48 bits per heavy atom. The Hall–Kier alpha value is -7.42. The molecule has 0 N–H and O–H groups in total. The predicted molar refractivity (Wildman–Crippen MR) is 268 cm³/mol. The molecule has 10 aromatic rings. The summed E-state index contributed by atoms with van der Waals surface area (Å²) in [6, 6.07) is 78.5. The minimum atomic E-state index is -0.102. The highest BCUT2D eigenvalue weighted by Crippen LogP contribution is 2.51. The third kappa shape index (κ3) is 6.65. The van der Waals surface area contributed by atoms with Crippen LogP contribution in [-0.4, -0.2) is 4.57 Å². The minimum absolute atomic E-state index is 0.102. The number of anilines is 3. The van der Waals surface area contributed by atoms with Crippen LogP contribution >= 0.6 is 0 Å². The van der Waals surface area contributed by atoms with Gasteiger partial charge in [0.1, 0.15) is 0 Å². The van der Waals surface area contributed by atoms with Crippen molar-refractivity contribution in [2.24, 2.45) is 0 Å². The third-order valence-electron chi connectivity index (χ3n) is 13.7. The molecular formula is C61H50N2. The van der Waals surface area contributed by atoms with Gasteiger partial charge >= 0.3 is 0 Å². The topological polar surface area (TPSA) is 8.17 Å². The number of aromatic nitrogens is 1. The number of rotatable bonds is 9. The molecule has 11 rings (SSSR count). The lowest BCUT2D eigenvalue weighted by atomic mass is 9.82. The summed E-state index contributed by atoms with van der Waals surface area (Å²) < 4.78 is 2.41. The smallest absolute Gasteiger partial charge is 0.0541 e. The van der Waals surface area contributed by atoms with Gasteiger partial charge in [-0.15, -0.1) is 0 Å². The van der Waals surface area contributed by atoms with Gasteiger partial charge in [0.2, 0.25) is 0 Å². The van der Waals surface area contributed by atoms with E-state index in [4.69, 9.17) is 0 Å². The van der Waals surface area contributed by atoms with Gasteiger partial charge in [-0.2, -0.15) is 0 Å². The summed E-state index contributed by atoms with van der Waals surface area (Å²) in [5.41, 5.74) is 20.9. The Balaban J connectivity index is 1.01. The number of fused-ring (bicyclic) bond motifs is 6. The molecule has 1 atom stereocenters. The molecule has 0 bridgehead atoms. The summed E-state index contributed by atoms with van der Waals surface area (Å²) in [4.78, 5) is 2.41. The molecular weight excluding hydrogens is 761 g/mol. The van der Waals surface area contributed by atoms with Crippen molar-refractivity contribution in [2.45, 2.75) is 45.4 Å². The van der Waals surface area contributed by atoms with Gasteiger partial charge in [0.25, 0.3) is 0 Å². The first kappa shape index (κ1) is 38.5. The van der Waals surface area contributed by atoms with E-state index in [1.54, 1.807) is 0 Å². The van der Waals surface area contributed by atoms with E-state index < -0.39 is 0 Å². The zero-order valence-electron chi connectivity index (χ0n) is 36.4. The molecule has 0 radical (unpaired) electrons. The summed E-state index contributed by atoms with van der Waals surface area (Å²) >= 11 is 0. The molecule has 1 aromatic heterocycles. The van der Waals surface area contributed by atoms with Gasteiger partial charge in [0.15, 0.2) is 0 Å². The number of nitrogens with zero attached hydrogens (tertiary/aromatic N) is 2. The van der Waals surface area contributed by atoms with Crippen molar-refractivity contribution in [3.8, 4) is 50.2 Å². The number of benzene rings is 9. The summed E-state index contributed by atoms with van der Waals surface area (Å²) in [6.45, 7) is 9.27. The molecule has 1 unspecified atom stereocenters. The molecule has 0 aliphatic heterocycles. The fourth-order valence-electron chi connectivity index (χ4n) is 9.99. The van der Waals surface area contributed by atoms with E-state index in [-0.39, 0.29) is 5.41 Å². The van der Waals surface area contributed by atoms with Crippen molar-refractivity contribution in [1.82, 2.24) is 4.57 Å². The summed E-state index contributed by atoms with van der Waals surface area (Å²) in [7, 11) is 0. The molecule has 1 aliphatic rings. The second-order valence-corrected chi connectivity index (χ2v) is 17.8. The van der Waals surface area contributed by atoms with Crippen molar-refractivity contribution in [3.63, 3.8) is 0 Å². The van der Waals surface area contributed by atoms with Crippen molar-refractivity contribution >= 4 is 38.9 Å². The fraction of sp³-hybridized carbons (Fsp3) is 0.115. The highest BCUT2D eigenvalue weighted by Gasteiger charge is 2.35. The lowest BCUT2D eigenvalue weighted by Crippen LogP contribution is -2.16. The quantitative estimate of drug-likeness (QED) is 0.141. The summed E-state index contributed by atoms with van der Waals surface area (Å²) in [5, 5.41) is 2.50. The second-order valence-electron chi connectivity index (χ2n) is 17.8. The van der Waals surface area contributed by atoms with Gasteiger partial charge in [-0.25, -0.2) is 0 Å². The second kappa shape index (κ2) is 15.5. The Morgan fingerprint density at radius 2 is 0.889 bits per heavy atom. The minimum Gasteiger partial charge on any atom is -0.310 e. The van der Waals surface area contributed by atoms with E-state index in [0.29, 0.717) is 5.92 Å². The Morgan fingerprint density at radius 1 is 0.429 bits per heavy atom. The average molecular weight is 811 g/mol. The van der Waals surface area contributed by atoms with Crippen molar-refractivity contribution in [3.05, 3.63) is 229 Å². The van der Waals surface area contributed by atoms with E-state index >= 15 is 0 Å². The molecule has 0 fully saturated rings. The Kier molecular flexibility index (Phi) is 9.46. The van der Waals surface area contributed by atoms with E-state index in [0.717, 1.165) is 29.2 Å². The van der Waals surface area contributed by atoms with Crippen LogP contribution in [0.2, 0.25) is 0 Å². The van der Waals surface area contributed by atoms with Gasteiger partial charge in [0, 0.05) is 38.9 Å². The van der Waals surface area contributed by atoms with Gasteiger partial charge in [-0.1, -0.05) is 167 Å². The average Bonchev–Trinajstić information content (AvgIpc) is 3.79. The maximum absolute atomic E-state index is 2.42. The van der Waals surface area contributed by atoms with E-state index in [2.05, 4.69) is 249 Å². The lowest BCUT2D eigenvalue weighted by molar-refractivity contribution is 0.660. The maximum Gasteiger partial charge on any atom is 0.0541 e. The van der Waals surface area contributed by atoms with Crippen LogP contribution in [0.5, 0.6) is 0 Å². The first-order valence-corrected chi connectivity index (χ1v) is 22.4. The van der Waals surface area contributed by atoms with Gasteiger partial charge < -0.3 is 9.47 Å². The Labute approximate surface area is 371 Å². The standard InChI is InChI=1S/C61H50N2/c1-5-41(2)42-20-22-45(23-21-42)47-28-36-59-55(38-47)56-39-48(29-37-60(56)63(59)49-16-10-7-11-17-49)46-26-32-51(33-27-46)62(50-30-24-44(25-31-50)43-14-8-6-9-15-43)52-34-35-54-53-18-12-13-19-57(53)61(3,4)58(54)40-52/h6-41H,5H2,1-4H3. The van der Waals surface area contributed by atoms with E-state index in [9.17, 15) is 0 Å². The van der Waals surface area contributed by atoms with Crippen molar-refractivity contribution in [2.75, 3.05) is 4.90 Å². The van der Waals surface area contributed by atoms with Crippen LogP contribution < -0.4 is 4.90 Å². The van der Waals surface area contributed by atoms with E-state index in [1.807, 2.05) is 0 Å². The molecule has 2 heteroatoms. The van der Waals surface area contributed by atoms with Crippen LogP contribution in [0.4, 0.5) is 17.1 Å². The third-order valence-corrected chi connectivity index (χ3v) is 13.7. The molecule has 0 saturated heterocycles. The van der Waals surface area contributed by atoms with Gasteiger partial charge in [-0.3, -0.25) is 0 Å². The SMILES string of the molecule is CCC(C)c1ccc(-c2ccc3c(c2)c2cc(-c4ccc(N(c5ccc(-c6ccccc6)cc5)c5ccc6c(c5)C(C)(C)c5ccccc5-6)cc4)ccc2n3-c2ccccc2)cc1. The summed E-state index contributed by atoms with van der Waals surface area (Å²) in [5.74, 6) is 0.553. The molecule has 9 aromatic carbocycles. The molecule has 63 heavy (non-hydrogen) atoms. The molecule has 2 nitrogen and oxygen atoms in total. The monoisotopic (exact) mass is 810 g/mol. The first-order valence-electron chi connectivity index (χ1n) is 22.4. The summed E-state index contributed by atoms with van der Waals surface area (Å²) in [6.07, 6.45) is 1.14. The highest BCUT2D eigenvalue weighted by atomic mass is 15.1. The molecule has 0 amide bonds. The highest BCUT2D eigenvalue weighted by molar-refractivity contribution is 6.11. The number of hydrogen-bond acceptors (Lipinski definition) is 1. The molecule has 0 saturated carbocycles. The van der Waals surface area contributed by atoms with Crippen LogP contribution in [0.15, 0.2) is 212 Å². The zero-order valence-corrected chi connectivity index (χ0v) is 36.4. The molecule has 0 spiro atoms. The molecule has 1 aliphatic carbocycles. The normalized spacial score (nSPS) is 13.2. The van der Waals surface area contributed by atoms with Gasteiger partial charge in [0.05, 0.1) is 11.0 Å². The van der Waals surface area contributed by atoms with Crippen molar-refractivity contribution in [1.29, 1.82) is 0 Å². The largest absolute Gasteiger partial charge is 0.310 e. The molecule has 1 heterocycles. The van der Waals surface area contributed by atoms with Crippen LogP contribution in [-0.2, 0) is 5.41 Å². The van der Waals surface area contributed by atoms with Crippen LogP contribution in [0.25, 0.3) is 72.0 Å². The first-order chi connectivity index (χ1) is 30.9. The number of para-hydroxylation sites is 1. The van der Waals surface area contributed by atoms with Gasteiger partial charge in [-0.05, 0) is 146 Å². The van der Waals surface area contributed by atoms with Crippen LogP contribution in [0.3, 0.4) is 0 Å². The Bertz CT molecular complexity index is 3260. The lowest BCUT2D eigenvalue weighted by Gasteiger charge is -2.28. The predicted octanol–water partition coefficient (Wildman–Crippen LogP) is 17.1. The fourth-order valence-corrected chi connectivity index (χ4v) is 9.99. The van der Waals surface area contributed by atoms with E-state index in [1.165, 1.54) is 83.0 Å². The maximum atomic E-state index is 2.42. The van der Waals surface area contributed by atoms with Crippen LogP contribution in [0, 0.1) is 0 Å². The number of hydrogen-bond donors (Lipinski definition) is 0. The van der Waals surface area contributed by atoms with Crippen molar-refractivity contribution < 1.29 is 0 Å².